The zero-order chi connectivity index (χ0) is 15.5. The van der Waals surface area contributed by atoms with Crippen molar-refractivity contribution in [1.82, 2.24) is 10.6 Å². The summed E-state index contributed by atoms with van der Waals surface area (Å²) < 4.78 is 0. The van der Waals surface area contributed by atoms with Crippen molar-refractivity contribution >= 4 is 23.2 Å². The van der Waals surface area contributed by atoms with Crippen LogP contribution in [0, 0.1) is 5.92 Å². The fourth-order valence-electron chi connectivity index (χ4n) is 2.07. The second kappa shape index (κ2) is 10.4. The lowest BCUT2D eigenvalue weighted by Gasteiger charge is -2.15. The van der Waals surface area contributed by atoms with Gasteiger partial charge in [-0.15, -0.1) is 11.3 Å². The van der Waals surface area contributed by atoms with E-state index in [-0.39, 0.29) is 11.8 Å². The quantitative estimate of drug-likeness (QED) is 0.697. The molecule has 0 aliphatic heterocycles. The van der Waals surface area contributed by atoms with Gasteiger partial charge in [-0.05, 0) is 23.8 Å². The van der Waals surface area contributed by atoms with E-state index in [4.69, 9.17) is 0 Å². The number of nitrogens with one attached hydrogen (secondary N) is 2. The molecule has 4 nitrogen and oxygen atoms in total. The SMILES string of the molecule is CCCCC(CC)CNC(=O)CCNC(=O)c1cccs1. The largest absolute Gasteiger partial charge is 0.356 e. The molecule has 1 atom stereocenters. The van der Waals surface area contributed by atoms with E-state index in [1.54, 1.807) is 6.07 Å². The maximum Gasteiger partial charge on any atom is 0.261 e. The Morgan fingerprint density at radius 1 is 1.29 bits per heavy atom. The number of thiophene rings is 1. The predicted octanol–water partition coefficient (Wildman–Crippen LogP) is 3.20. The Morgan fingerprint density at radius 2 is 2.10 bits per heavy atom. The second-order valence-corrected chi connectivity index (χ2v) is 6.15. The topological polar surface area (TPSA) is 58.2 Å². The Kier molecular flexibility index (Phi) is 8.74. The van der Waals surface area contributed by atoms with Gasteiger partial charge in [0, 0.05) is 19.5 Å². The van der Waals surface area contributed by atoms with Crippen LogP contribution in [0.3, 0.4) is 0 Å². The molecule has 5 heteroatoms. The van der Waals surface area contributed by atoms with Gasteiger partial charge in [0.05, 0.1) is 4.88 Å². The van der Waals surface area contributed by atoms with Gasteiger partial charge in [-0.3, -0.25) is 9.59 Å². The third kappa shape index (κ3) is 7.27. The first-order chi connectivity index (χ1) is 10.2. The van der Waals surface area contributed by atoms with Crippen molar-refractivity contribution in [2.75, 3.05) is 13.1 Å². The zero-order valence-corrected chi connectivity index (χ0v) is 13.8. The Hall–Kier alpha value is -1.36. The van der Waals surface area contributed by atoms with E-state index in [2.05, 4.69) is 24.5 Å². The van der Waals surface area contributed by atoms with E-state index in [0.29, 0.717) is 23.8 Å². The average molecular weight is 310 g/mol. The van der Waals surface area contributed by atoms with E-state index in [0.717, 1.165) is 13.0 Å². The molecule has 0 aliphatic rings. The first kappa shape index (κ1) is 17.7. The fourth-order valence-corrected chi connectivity index (χ4v) is 2.71. The first-order valence-electron chi connectivity index (χ1n) is 7.75. The Morgan fingerprint density at radius 3 is 2.71 bits per heavy atom. The Bertz CT molecular complexity index is 418. The van der Waals surface area contributed by atoms with E-state index in [9.17, 15) is 9.59 Å². The molecule has 118 valence electrons. The Balaban J connectivity index is 2.14. The molecule has 0 radical (unpaired) electrons. The van der Waals surface area contributed by atoms with Crippen LogP contribution < -0.4 is 10.6 Å². The highest BCUT2D eigenvalue weighted by Gasteiger charge is 2.09. The molecule has 2 N–H and O–H groups in total. The summed E-state index contributed by atoms with van der Waals surface area (Å²) in [4.78, 5) is 24.1. The summed E-state index contributed by atoms with van der Waals surface area (Å²) in [5.74, 6) is 0.471. The summed E-state index contributed by atoms with van der Waals surface area (Å²) in [6.45, 7) is 5.47. The highest BCUT2D eigenvalue weighted by molar-refractivity contribution is 7.12. The fraction of sp³-hybridized carbons (Fsp3) is 0.625. The number of hydrogen-bond donors (Lipinski definition) is 2. The van der Waals surface area contributed by atoms with Crippen molar-refractivity contribution in [3.8, 4) is 0 Å². The molecular weight excluding hydrogens is 284 g/mol. The van der Waals surface area contributed by atoms with Crippen molar-refractivity contribution < 1.29 is 9.59 Å². The number of carbonyl (C=O) groups is 2. The molecule has 1 unspecified atom stereocenters. The molecule has 0 saturated carbocycles. The lowest BCUT2D eigenvalue weighted by molar-refractivity contribution is -0.121. The van der Waals surface area contributed by atoms with Gasteiger partial charge in [-0.25, -0.2) is 0 Å². The predicted molar refractivity (Wildman–Crippen MR) is 87.6 cm³/mol. The van der Waals surface area contributed by atoms with Crippen molar-refractivity contribution in [1.29, 1.82) is 0 Å². The normalized spacial score (nSPS) is 11.9. The van der Waals surface area contributed by atoms with Crippen LogP contribution in [0.5, 0.6) is 0 Å². The zero-order valence-electron chi connectivity index (χ0n) is 13.0. The van der Waals surface area contributed by atoms with E-state index in [1.807, 2.05) is 11.4 Å². The van der Waals surface area contributed by atoms with Crippen LogP contribution in [0.25, 0.3) is 0 Å². The highest BCUT2D eigenvalue weighted by atomic mass is 32.1. The number of rotatable bonds is 10. The second-order valence-electron chi connectivity index (χ2n) is 5.20. The molecule has 21 heavy (non-hydrogen) atoms. The molecule has 1 aromatic rings. The van der Waals surface area contributed by atoms with E-state index in [1.165, 1.54) is 30.6 Å². The van der Waals surface area contributed by atoms with Crippen LogP contribution in [0.1, 0.15) is 55.6 Å². The van der Waals surface area contributed by atoms with E-state index < -0.39 is 0 Å². The molecular formula is C16H26N2O2S. The van der Waals surface area contributed by atoms with Gasteiger partial charge in [0.2, 0.25) is 5.91 Å². The van der Waals surface area contributed by atoms with Crippen molar-refractivity contribution in [3.05, 3.63) is 22.4 Å². The molecule has 0 fully saturated rings. The van der Waals surface area contributed by atoms with Crippen molar-refractivity contribution in [2.45, 2.75) is 46.0 Å². The molecule has 1 aromatic heterocycles. The number of hydrogen-bond acceptors (Lipinski definition) is 3. The average Bonchev–Trinajstić information content (AvgIpc) is 3.01. The lowest BCUT2D eigenvalue weighted by atomic mass is 9.99. The maximum atomic E-state index is 11.7. The van der Waals surface area contributed by atoms with Crippen LogP contribution in [0.15, 0.2) is 17.5 Å². The van der Waals surface area contributed by atoms with Gasteiger partial charge in [-0.2, -0.15) is 0 Å². The third-order valence-corrected chi connectivity index (χ3v) is 4.38. The van der Waals surface area contributed by atoms with Gasteiger partial charge >= 0.3 is 0 Å². The minimum atomic E-state index is -0.104. The summed E-state index contributed by atoms with van der Waals surface area (Å²) in [6, 6.07) is 3.62. The minimum Gasteiger partial charge on any atom is -0.356 e. The molecule has 0 aliphatic carbocycles. The molecule has 2 amide bonds. The molecule has 0 spiro atoms. The molecule has 1 heterocycles. The first-order valence-corrected chi connectivity index (χ1v) is 8.63. The van der Waals surface area contributed by atoms with Crippen molar-refractivity contribution in [3.63, 3.8) is 0 Å². The molecule has 0 aromatic carbocycles. The molecule has 0 saturated heterocycles. The summed E-state index contributed by atoms with van der Waals surface area (Å²) >= 11 is 1.40. The standard InChI is InChI=1S/C16H26N2O2S/c1-3-5-7-13(4-2)12-18-15(19)9-10-17-16(20)14-8-6-11-21-14/h6,8,11,13H,3-5,7,9-10,12H2,1-2H3,(H,17,20)(H,18,19). The highest BCUT2D eigenvalue weighted by Crippen LogP contribution is 2.11. The maximum absolute atomic E-state index is 11.7. The lowest BCUT2D eigenvalue weighted by Crippen LogP contribution is -2.33. The third-order valence-electron chi connectivity index (χ3n) is 3.51. The molecule has 1 rings (SSSR count). The van der Waals surface area contributed by atoms with Crippen LogP contribution in [-0.4, -0.2) is 24.9 Å². The van der Waals surface area contributed by atoms with Crippen LogP contribution in [0.4, 0.5) is 0 Å². The van der Waals surface area contributed by atoms with Gasteiger partial charge in [0.25, 0.3) is 5.91 Å². The summed E-state index contributed by atoms with van der Waals surface area (Å²) in [5.41, 5.74) is 0. The van der Waals surface area contributed by atoms with Crippen LogP contribution in [-0.2, 0) is 4.79 Å². The van der Waals surface area contributed by atoms with Crippen molar-refractivity contribution in [2.24, 2.45) is 5.92 Å². The van der Waals surface area contributed by atoms with Crippen LogP contribution >= 0.6 is 11.3 Å². The minimum absolute atomic E-state index is 0.0106. The van der Waals surface area contributed by atoms with Gasteiger partial charge in [0.1, 0.15) is 0 Å². The van der Waals surface area contributed by atoms with E-state index >= 15 is 0 Å². The molecule has 0 bridgehead atoms. The summed E-state index contributed by atoms with van der Waals surface area (Å²) in [6.07, 6.45) is 5.00. The summed E-state index contributed by atoms with van der Waals surface area (Å²) in [7, 11) is 0. The summed E-state index contributed by atoms with van der Waals surface area (Å²) in [5, 5.41) is 7.59. The Labute approximate surface area is 131 Å². The monoisotopic (exact) mass is 310 g/mol. The number of amides is 2. The van der Waals surface area contributed by atoms with Gasteiger partial charge < -0.3 is 10.6 Å². The van der Waals surface area contributed by atoms with Crippen LogP contribution in [0.2, 0.25) is 0 Å². The smallest absolute Gasteiger partial charge is 0.261 e. The van der Waals surface area contributed by atoms with Gasteiger partial charge in [-0.1, -0.05) is 39.2 Å². The van der Waals surface area contributed by atoms with Gasteiger partial charge in [0.15, 0.2) is 0 Å². The number of unbranched alkanes of at least 4 members (excludes halogenated alkanes) is 1. The number of carbonyl (C=O) groups excluding carboxylic acids is 2.